The van der Waals surface area contributed by atoms with Gasteiger partial charge in [-0.25, -0.2) is 4.79 Å². The smallest absolute Gasteiger partial charge is 0.335 e. The lowest BCUT2D eigenvalue weighted by molar-refractivity contribution is -0.133. The maximum Gasteiger partial charge on any atom is 0.335 e. The molecule has 0 heterocycles. The minimum atomic E-state index is -0.922. The molecule has 0 saturated heterocycles. The molecule has 1 aromatic rings. The highest BCUT2D eigenvalue weighted by Crippen LogP contribution is 2.12. The molecule has 1 rings (SSSR count). The van der Waals surface area contributed by atoms with Crippen molar-refractivity contribution in [3.8, 4) is 0 Å². The van der Waals surface area contributed by atoms with Crippen LogP contribution >= 0.6 is 0 Å². The van der Waals surface area contributed by atoms with Gasteiger partial charge in [0.1, 0.15) is 0 Å². The Hall–Kier alpha value is -1.84. The maximum atomic E-state index is 12.1. The van der Waals surface area contributed by atoms with Crippen molar-refractivity contribution in [2.24, 2.45) is 5.92 Å². The van der Waals surface area contributed by atoms with Crippen molar-refractivity contribution >= 4 is 11.9 Å². The molecule has 1 unspecified atom stereocenters. The van der Waals surface area contributed by atoms with Crippen molar-refractivity contribution in [3.63, 3.8) is 0 Å². The quantitative estimate of drug-likeness (QED) is 0.833. The number of amides is 1. The van der Waals surface area contributed by atoms with Crippen LogP contribution in [0.5, 0.6) is 0 Å². The first-order valence-corrected chi connectivity index (χ1v) is 7.03. The molecule has 0 aliphatic heterocycles. The topological polar surface area (TPSA) is 57.6 Å². The molecule has 0 aliphatic carbocycles. The molecule has 0 aliphatic rings. The van der Waals surface area contributed by atoms with Crippen molar-refractivity contribution < 1.29 is 14.7 Å². The Balaban J connectivity index is 2.63. The summed E-state index contributed by atoms with van der Waals surface area (Å²) in [5.74, 6) is -0.770. The average Bonchev–Trinajstić information content (AvgIpc) is 2.44. The molecule has 0 radical (unpaired) electrons. The molecule has 0 aromatic heterocycles. The van der Waals surface area contributed by atoms with E-state index < -0.39 is 5.97 Å². The van der Waals surface area contributed by atoms with Crippen LogP contribution in [0.4, 0.5) is 0 Å². The second kappa shape index (κ2) is 7.68. The summed E-state index contributed by atoms with van der Waals surface area (Å²) < 4.78 is 0. The molecule has 0 bridgehead atoms. The second-order valence-corrected chi connectivity index (χ2v) is 5.16. The molecule has 1 N–H and O–H groups in total. The number of carbonyl (C=O) groups is 2. The summed E-state index contributed by atoms with van der Waals surface area (Å²) in [7, 11) is 1.78. The highest BCUT2D eigenvalue weighted by Gasteiger charge is 2.17. The van der Waals surface area contributed by atoms with Crippen LogP contribution in [-0.2, 0) is 11.2 Å². The zero-order chi connectivity index (χ0) is 15.1. The second-order valence-electron chi connectivity index (χ2n) is 5.16. The highest BCUT2D eigenvalue weighted by atomic mass is 16.4. The highest BCUT2D eigenvalue weighted by molar-refractivity contribution is 5.89. The number of benzene rings is 1. The number of carboxylic acids is 1. The Labute approximate surface area is 120 Å². The van der Waals surface area contributed by atoms with E-state index in [0.29, 0.717) is 18.5 Å². The molecular formula is C16H23NO3. The predicted octanol–water partition coefficient (Wildman–Crippen LogP) is 2.82. The summed E-state index contributed by atoms with van der Waals surface area (Å²) in [6, 6.07) is 6.94. The number of aromatic carboxylic acids is 1. The lowest BCUT2D eigenvalue weighted by Crippen LogP contribution is -2.33. The van der Waals surface area contributed by atoms with Crippen molar-refractivity contribution in [1.29, 1.82) is 0 Å². The van der Waals surface area contributed by atoms with Gasteiger partial charge in [0.15, 0.2) is 0 Å². The number of hydrogen-bond donors (Lipinski definition) is 1. The molecule has 4 nitrogen and oxygen atoms in total. The molecule has 1 aromatic carbocycles. The van der Waals surface area contributed by atoms with Gasteiger partial charge in [0.25, 0.3) is 0 Å². The Bertz CT molecular complexity index is 471. The van der Waals surface area contributed by atoms with Gasteiger partial charge in [-0.05, 0) is 24.5 Å². The normalized spacial score (nSPS) is 11.9. The third kappa shape index (κ3) is 4.37. The van der Waals surface area contributed by atoms with Crippen LogP contribution in [0, 0.1) is 5.92 Å². The number of nitrogens with zero attached hydrogens (tertiary/aromatic N) is 1. The molecule has 1 amide bonds. The fraction of sp³-hybridized carbons (Fsp3) is 0.500. The van der Waals surface area contributed by atoms with Crippen LogP contribution in [0.2, 0.25) is 0 Å². The van der Waals surface area contributed by atoms with E-state index in [4.69, 9.17) is 5.11 Å². The van der Waals surface area contributed by atoms with Gasteiger partial charge in [-0.1, -0.05) is 38.5 Å². The zero-order valence-corrected chi connectivity index (χ0v) is 12.4. The van der Waals surface area contributed by atoms with Gasteiger partial charge < -0.3 is 10.0 Å². The molecule has 1 atom stereocenters. The van der Waals surface area contributed by atoms with Crippen molar-refractivity contribution in [2.75, 3.05) is 13.6 Å². The van der Waals surface area contributed by atoms with Gasteiger partial charge in [0.2, 0.25) is 5.91 Å². The van der Waals surface area contributed by atoms with E-state index in [9.17, 15) is 9.59 Å². The number of carbonyl (C=O) groups excluding carboxylic acids is 1. The zero-order valence-electron chi connectivity index (χ0n) is 12.4. The molecule has 0 saturated carbocycles. The summed E-state index contributed by atoms with van der Waals surface area (Å²) >= 11 is 0. The first-order chi connectivity index (χ1) is 9.47. The summed E-state index contributed by atoms with van der Waals surface area (Å²) in [6.07, 6.45) is 2.43. The monoisotopic (exact) mass is 277 g/mol. The molecular weight excluding hydrogens is 254 g/mol. The summed E-state index contributed by atoms with van der Waals surface area (Å²) in [4.78, 5) is 24.9. The minimum Gasteiger partial charge on any atom is -0.478 e. The van der Waals surface area contributed by atoms with E-state index in [1.165, 1.54) is 0 Å². The largest absolute Gasteiger partial charge is 0.478 e. The third-order valence-corrected chi connectivity index (χ3v) is 3.48. The van der Waals surface area contributed by atoms with Crippen molar-refractivity contribution in [3.05, 3.63) is 35.4 Å². The molecule has 110 valence electrons. The van der Waals surface area contributed by atoms with Gasteiger partial charge in [0.05, 0.1) is 5.56 Å². The summed E-state index contributed by atoms with van der Waals surface area (Å²) in [6.45, 7) is 4.54. The molecule has 0 fully saturated rings. The van der Waals surface area contributed by atoms with Crippen molar-refractivity contribution in [1.82, 2.24) is 4.90 Å². The lowest BCUT2D eigenvalue weighted by atomic mass is 10.0. The van der Waals surface area contributed by atoms with Gasteiger partial charge in [-0.2, -0.15) is 0 Å². The fourth-order valence-electron chi connectivity index (χ4n) is 2.28. The van der Waals surface area contributed by atoms with Gasteiger partial charge in [-0.3, -0.25) is 4.79 Å². The average molecular weight is 277 g/mol. The van der Waals surface area contributed by atoms with E-state index in [-0.39, 0.29) is 11.8 Å². The minimum absolute atomic E-state index is 0.0275. The van der Waals surface area contributed by atoms with Crippen molar-refractivity contribution in [2.45, 2.75) is 33.1 Å². The molecule has 4 heteroatoms. The van der Waals surface area contributed by atoms with Crippen LogP contribution in [-0.4, -0.2) is 35.5 Å². The van der Waals surface area contributed by atoms with E-state index in [1.54, 1.807) is 30.1 Å². The van der Waals surface area contributed by atoms with Gasteiger partial charge >= 0.3 is 5.97 Å². The van der Waals surface area contributed by atoms with Crippen LogP contribution < -0.4 is 0 Å². The Kier molecular flexibility index (Phi) is 6.22. The Morgan fingerprint density at radius 2 is 1.95 bits per heavy atom. The Morgan fingerprint density at radius 1 is 1.30 bits per heavy atom. The summed E-state index contributed by atoms with van der Waals surface area (Å²) in [5.41, 5.74) is 1.08. The molecule has 0 spiro atoms. The third-order valence-electron chi connectivity index (χ3n) is 3.48. The first kappa shape index (κ1) is 16.2. The van der Waals surface area contributed by atoms with Crippen LogP contribution in [0.15, 0.2) is 24.3 Å². The van der Waals surface area contributed by atoms with Crippen LogP contribution in [0.1, 0.15) is 42.6 Å². The predicted molar refractivity (Wildman–Crippen MR) is 78.8 cm³/mol. The van der Waals surface area contributed by atoms with Crippen LogP contribution in [0.3, 0.4) is 0 Å². The Morgan fingerprint density at radius 3 is 2.55 bits per heavy atom. The SMILES string of the molecule is CCCC(C)C(=O)N(C)CCc1ccccc1C(=O)O. The number of carboxylic acid groups (broad SMARTS) is 1. The first-order valence-electron chi connectivity index (χ1n) is 7.03. The van der Waals surface area contributed by atoms with Crippen LogP contribution in [0.25, 0.3) is 0 Å². The van der Waals surface area contributed by atoms with E-state index in [2.05, 4.69) is 6.92 Å². The lowest BCUT2D eigenvalue weighted by Gasteiger charge is -2.21. The number of hydrogen-bond acceptors (Lipinski definition) is 2. The maximum absolute atomic E-state index is 12.1. The van der Waals surface area contributed by atoms with E-state index in [1.807, 2.05) is 13.0 Å². The van der Waals surface area contributed by atoms with E-state index >= 15 is 0 Å². The number of likely N-dealkylation sites (N-methyl/N-ethyl adjacent to an activating group) is 1. The van der Waals surface area contributed by atoms with E-state index in [0.717, 1.165) is 18.4 Å². The van der Waals surface area contributed by atoms with Gasteiger partial charge in [0, 0.05) is 19.5 Å². The fourth-order valence-corrected chi connectivity index (χ4v) is 2.28. The molecule has 20 heavy (non-hydrogen) atoms. The van der Waals surface area contributed by atoms with Gasteiger partial charge in [-0.15, -0.1) is 0 Å². The number of rotatable bonds is 7. The summed E-state index contributed by atoms with van der Waals surface area (Å²) in [5, 5.41) is 9.12. The standard InChI is InChI=1S/C16H23NO3/c1-4-7-12(2)15(18)17(3)11-10-13-8-5-6-9-14(13)16(19)20/h5-6,8-9,12H,4,7,10-11H2,1-3H3,(H,19,20).